The number of aliphatic hydroxyl groups excluding tert-OH is 1. The van der Waals surface area contributed by atoms with E-state index in [1.807, 2.05) is 0 Å². The molecule has 0 radical (unpaired) electrons. The van der Waals surface area contributed by atoms with Crippen LogP contribution in [0.1, 0.15) is 12.8 Å². The van der Waals surface area contributed by atoms with Gasteiger partial charge in [-0.3, -0.25) is 4.79 Å². The third-order valence-electron chi connectivity index (χ3n) is 3.14. The summed E-state index contributed by atoms with van der Waals surface area (Å²) in [5.74, 6) is -0.362. The Bertz CT molecular complexity index is 750. The summed E-state index contributed by atoms with van der Waals surface area (Å²) in [6.45, 7) is 1.22. The lowest BCUT2D eigenvalue weighted by atomic mass is 10.2. The predicted molar refractivity (Wildman–Crippen MR) is 87.5 cm³/mol. The molecule has 0 aliphatic carbocycles. The number of benzene rings is 1. The number of aliphatic carboxylic acids is 1. The van der Waals surface area contributed by atoms with Gasteiger partial charge >= 0.3 is 5.97 Å². The summed E-state index contributed by atoms with van der Waals surface area (Å²) in [5.41, 5.74) is 0.614. The van der Waals surface area contributed by atoms with E-state index in [2.05, 4.69) is 19.6 Å². The molecule has 10 nitrogen and oxygen atoms in total. The highest BCUT2D eigenvalue weighted by Crippen LogP contribution is 2.28. The lowest BCUT2D eigenvalue weighted by Gasteiger charge is -2.15. The number of methoxy groups -OCH3 is 1. The van der Waals surface area contributed by atoms with Gasteiger partial charge in [-0.15, -0.1) is 10.2 Å². The molecule has 25 heavy (non-hydrogen) atoms. The van der Waals surface area contributed by atoms with E-state index in [0.717, 1.165) is 0 Å². The SMILES string of the molecule is COc1ccccc1-c1nnc(CNS(=O)NC(C(=O)O)C(C)O)o1. The fraction of sp³-hybridized carbons (Fsp3) is 0.357. The molecule has 0 saturated heterocycles. The molecule has 0 fully saturated rings. The van der Waals surface area contributed by atoms with E-state index in [-0.39, 0.29) is 18.3 Å². The number of carboxylic acid groups (broad SMARTS) is 1. The molecule has 1 heterocycles. The zero-order chi connectivity index (χ0) is 18.4. The summed E-state index contributed by atoms with van der Waals surface area (Å²) < 4.78 is 27.2. The predicted octanol–water partition coefficient (Wildman–Crippen LogP) is -0.163. The van der Waals surface area contributed by atoms with E-state index in [0.29, 0.717) is 11.3 Å². The molecular weight excluding hydrogens is 352 g/mol. The molecular formula is C14H18N4O6S. The Morgan fingerprint density at radius 2 is 2.12 bits per heavy atom. The van der Waals surface area contributed by atoms with Crippen molar-refractivity contribution in [2.24, 2.45) is 0 Å². The highest BCUT2D eigenvalue weighted by molar-refractivity contribution is 7.81. The number of para-hydroxylation sites is 1. The number of hydrogen-bond donors (Lipinski definition) is 4. The Kier molecular flexibility index (Phi) is 6.58. The fourth-order valence-electron chi connectivity index (χ4n) is 1.89. The molecule has 4 N–H and O–H groups in total. The second kappa shape index (κ2) is 8.67. The van der Waals surface area contributed by atoms with Crippen LogP contribution < -0.4 is 14.2 Å². The average molecular weight is 370 g/mol. The maximum absolute atomic E-state index is 11.8. The number of nitrogens with zero attached hydrogens (tertiary/aromatic N) is 2. The molecule has 0 amide bonds. The van der Waals surface area contributed by atoms with Crippen LogP contribution in [0, 0.1) is 0 Å². The van der Waals surface area contributed by atoms with Gasteiger partial charge in [0.2, 0.25) is 5.89 Å². The summed E-state index contributed by atoms with van der Waals surface area (Å²) in [4.78, 5) is 10.9. The third-order valence-corrected chi connectivity index (χ3v) is 4.02. The van der Waals surface area contributed by atoms with Gasteiger partial charge in [0.25, 0.3) is 5.89 Å². The largest absolute Gasteiger partial charge is 0.496 e. The topological polar surface area (TPSA) is 147 Å². The lowest BCUT2D eigenvalue weighted by molar-refractivity contribution is -0.141. The van der Waals surface area contributed by atoms with Crippen molar-refractivity contribution in [1.82, 2.24) is 19.6 Å². The Hall–Kier alpha value is -2.34. The normalized spacial score (nSPS) is 14.7. The van der Waals surface area contributed by atoms with Crippen LogP contribution in [-0.4, -0.2) is 49.8 Å². The molecule has 0 aliphatic rings. The van der Waals surface area contributed by atoms with Crippen LogP contribution in [0.25, 0.3) is 11.5 Å². The van der Waals surface area contributed by atoms with E-state index in [9.17, 15) is 14.1 Å². The quantitative estimate of drug-likeness (QED) is 0.476. The van der Waals surface area contributed by atoms with Crippen LogP contribution in [0.5, 0.6) is 5.75 Å². The van der Waals surface area contributed by atoms with Crippen molar-refractivity contribution in [3.05, 3.63) is 30.2 Å². The van der Waals surface area contributed by atoms with Gasteiger partial charge in [0.1, 0.15) is 11.8 Å². The summed E-state index contributed by atoms with van der Waals surface area (Å²) in [7, 11) is 1.52. The Balaban J connectivity index is 1.97. The Labute approximate surface area is 145 Å². The average Bonchev–Trinajstić information content (AvgIpc) is 3.06. The minimum Gasteiger partial charge on any atom is -0.496 e. The number of carbonyl (C=O) groups is 1. The van der Waals surface area contributed by atoms with Crippen LogP contribution in [0.3, 0.4) is 0 Å². The summed E-state index contributed by atoms with van der Waals surface area (Å²) >= 11 is -1.93. The molecule has 0 spiro atoms. The van der Waals surface area contributed by atoms with Crippen LogP contribution >= 0.6 is 0 Å². The fourth-order valence-corrected chi connectivity index (χ4v) is 2.76. The van der Waals surface area contributed by atoms with Crippen molar-refractivity contribution >= 4 is 17.1 Å². The van der Waals surface area contributed by atoms with Crippen molar-refractivity contribution in [3.8, 4) is 17.2 Å². The van der Waals surface area contributed by atoms with E-state index < -0.39 is 29.3 Å². The molecule has 11 heteroatoms. The Morgan fingerprint density at radius 3 is 2.76 bits per heavy atom. The third kappa shape index (κ3) is 5.06. The van der Waals surface area contributed by atoms with Gasteiger partial charge in [0.05, 0.1) is 25.3 Å². The molecule has 3 unspecified atom stereocenters. The van der Waals surface area contributed by atoms with Crippen LogP contribution in [-0.2, 0) is 22.5 Å². The molecule has 136 valence electrons. The first-order valence-corrected chi connectivity index (χ1v) is 8.35. The molecule has 1 aromatic heterocycles. The molecule has 0 bridgehead atoms. The number of rotatable bonds is 9. The highest BCUT2D eigenvalue weighted by atomic mass is 32.2. The first-order valence-electron chi connectivity index (χ1n) is 7.20. The molecule has 3 atom stereocenters. The second-order valence-electron chi connectivity index (χ2n) is 4.97. The first kappa shape index (κ1) is 19.0. The van der Waals surface area contributed by atoms with Gasteiger partial charge in [0.15, 0.2) is 11.2 Å². The minimum atomic E-state index is -1.93. The van der Waals surface area contributed by atoms with Crippen molar-refractivity contribution in [3.63, 3.8) is 0 Å². The summed E-state index contributed by atoms with van der Waals surface area (Å²) in [6.07, 6.45) is -1.22. The van der Waals surface area contributed by atoms with Gasteiger partial charge < -0.3 is 19.4 Å². The van der Waals surface area contributed by atoms with Crippen molar-refractivity contribution in [1.29, 1.82) is 0 Å². The standard InChI is InChI=1S/C14H18N4O6S/c1-8(19)12(14(20)21)18-25(22)15-7-11-16-17-13(24-11)9-5-3-4-6-10(9)23-2/h3-6,8,12,15,18-19H,7H2,1-2H3,(H,20,21). The van der Waals surface area contributed by atoms with E-state index in [1.165, 1.54) is 14.0 Å². The highest BCUT2D eigenvalue weighted by Gasteiger charge is 2.25. The van der Waals surface area contributed by atoms with Gasteiger partial charge in [-0.2, -0.15) is 0 Å². The zero-order valence-electron chi connectivity index (χ0n) is 13.5. The second-order valence-corrected chi connectivity index (χ2v) is 6.03. The number of aliphatic hydroxyl groups is 1. The van der Waals surface area contributed by atoms with Gasteiger partial charge in [-0.1, -0.05) is 12.1 Å². The van der Waals surface area contributed by atoms with E-state index in [4.69, 9.17) is 14.3 Å². The molecule has 0 aliphatic heterocycles. The van der Waals surface area contributed by atoms with Crippen molar-refractivity contribution in [2.75, 3.05) is 7.11 Å². The molecule has 2 aromatic rings. The molecule has 0 saturated carbocycles. The summed E-state index contributed by atoms with van der Waals surface area (Å²) in [6, 6.07) is 5.72. The number of nitrogens with one attached hydrogen (secondary N) is 2. The van der Waals surface area contributed by atoms with E-state index >= 15 is 0 Å². The number of ether oxygens (including phenoxy) is 1. The van der Waals surface area contributed by atoms with Gasteiger partial charge in [-0.05, 0) is 19.1 Å². The number of aromatic nitrogens is 2. The maximum atomic E-state index is 11.8. The monoisotopic (exact) mass is 370 g/mol. The minimum absolute atomic E-state index is 0.0616. The Morgan fingerprint density at radius 1 is 1.40 bits per heavy atom. The van der Waals surface area contributed by atoms with Crippen LogP contribution in [0.15, 0.2) is 28.7 Å². The number of carboxylic acids is 1. The molecule has 2 rings (SSSR count). The van der Waals surface area contributed by atoms with E-state index in [1.54, 1.807) is 24.3 Å². The van der Waals surface area contributed by atoms with Gasteiger partial charge in [0, 0.05) is 0 Å². The van der Waals surface area contributed by atoms with Crippen LogP contribution in [0.4, 0.5) is 0 Å². The molecule has 1 aromatic carbocycles. The van der Waals surface area contributed by atoms with Crippen molar-refractivity contribution < 1.29 is 28.4 Å². The first-order chi connectivity index (χ1) is 11.9. The number of hydrogen-bond acceptors (Lipinski definition) is 7. The maximum Gasteiger partial charge on any atom is 0.324 e. The van der Waals surface area contributed by atoms with Crippen molar-refractivity contribution in [2.45, 2.75) is 25.6 Å². The van der Waals surface area contributed by atoms with Crippen LogP contribution in [0.2, 0.25) is 0 Å². The summed E-state index contributed by atoms with van der Waals surface area (Å²) in [5, 5.41) is 26.0. The lowest BCUT2D eigenvalue weighted by Crippen LogP contribution is -2.48. The smallest absolute Gasteiger partial charge is 0.324 e. The van der Waals surface area contributed by atoms with Gasteiger partial charge in [-0.25, -0.2) is 13.7 Å². The zero-order valence-corrected chi connectivity index (χ0v) is 14.3.